The lowest BCUT2D eigenvalue weighted by atomic mass is 9.92. The first-order chi connectivity index (χ1) is 15.8. The quantitative estimate of drug-likeness (QED) is 0.614. The first kappa shape index (κ1) is 23.2. The number of thiophene rings is 1. The van der Waals surface area contributed by atoms with Crippen LogP contribution in [0.25, 0.3) is 10.2 Å². The van der Waals surface area contributed by atoms with E-state index in [0.717, 1.165) is 12.8 Å². The number of rotatable bonds is 5. The number of benzene rings is 1. The largest absolute Gasteiger partial charge is 0.341 e. The van der Waals surface area contributed by atoms with Crippen molar-refractivity contribution in [2.24, 2.45) is 11.8 Å². The summed E-state index contributed by atoms with van der Waals surface area (Å²) < 4.78 is 1.36. The molecule has 3 aromatic rings. The van der Waals surface area contributed by atoms with Gasteiger partial charge in [-0.25, -0.2) is 4.98 Å². The molecule has 33 heavy (non-hydrogen) atoms. The standard InChI is InChI=1S/C25H30N4O3S/c1-5-18-6-8-19(9-7-18)27-23(31)22-17(4)21-24(33-22)26-14-29(25(21)32)13-20(30)28-11-15(2)10-16(3)12-28/h6-9,14-16H,5,10-13H2,1-4H3,(H,27,31)/t15-,16-/m1/s1. The molecule has 0 saturated carbocycles. The Balaban J connectivity index is 1.56. The number of hydrogen-bond acceptors (Lipinski definition) is 5. The second kappa shape index (κ2) is 9.47. The molecule has 1 N–H and O–H groups in total. The zero-order valence-corrected chi connectivity index (χ0v) is 20.4. The highest BCUT2D eigenvalue weighted by molar-refractivity contribution is 7.20. The van der Waals surface area contributed by atoms with E-state index in [1.165, 1.54) is 27.8 Å². The number of anilines is 1. The lowest BCUT2D eigenvalue weighted by Crippen LogP contribution is -2.44. The zero-order chi connectivity index (χ0) is 23.7. The number of aromatic nitrogens is 2. The summed E-state index contributed by atoms with van der Waals surface area (Å²) in [7, 11) is 0. The van der Waals surface area contributed by atoms with Gasteiger partial charge in [0.1, 0.15) is 11.4 Å². The molecule has 7 nitrogen and oxygen atoms in total. The number of fused-ring (bicyclic) bond motifs is 1. The molecular formula is C25H30N4O3S. The molecule has 0 radical (unpaired) electrons. The van der Waals surface area contributed by atoms with Gasteiger partial charge in [0.2, 0.25) is 5.91 Å². The van der Waals surface area contributed by atoms with Crippen molar-refractivity contribution in [1.29, 1.82) is 0 Å². The van der Waals surface area contributed by atoms with E-state index in [1.54, 1.807) is 6.92 Å². The maximum Gasteiger partial charge on any atom is 0.266 e. The monoisotopic (exact) mass is 466 g/mol. The summed E-state index contributed by atoms with van der Waals surface area (Å²) in [6.45, 7) is 9.53. The smallest absolute Gasteiger partial charge is 0.266 e. The van der Waals surface area contributed by atoms with Gasteiger partial charge in [-0.2, -0.15) is 0 Å². The predicted molar refractivity (Wildman–Crippen MR) is 132 cm³/mol. The Morgan fingerprint density at radius 2 is 1.82 bits per heavy atom. The zero-order valence-electron chi connectivity index (χ0n) is 19.6. The molecule has 174 valence electrons. The van der Waals surface area contributed by atoms with E-state index in [9.17, 15) is 14.4 Å². The Hall–Kier alpha value is -3.00. The van der Waals surface area contributed by atoms with Gasteiger partial charge in [-0.3, -0.25) is 19.0 Å². The highest BCUT2D eigenvalue weighted by Gasteiger charge is 2.26. The van der Waals surface area contributed by atoms with E-state index in [1.807, 2.05) is 29.2 Å². The lowest BCUT2D eigenvalue weighted by Gasteiger charge is -2.35. The Labute approximate surface area is 197 Å². The molecule has 1 aliphatic rings. The summed E-state index contributed by atoms with van der Waals surface area (Å²) in [6, 6.07) is 7.71. The van der Waals surface area contributed by atoms with E-state index in [2.05, 4.69) is 31.1 Å². The van der Waals surface area contributed by atoms with Gasteiger partial charge < -0.3 is 10.2 Å². The Morgan fingerprint density at radius 1 is 1.15 bits per heavy atom. The van der Waals surface area contributed by atoms with Crippen molar-refractivity contribution in [2.45, 2.75) is 47.1 Å². The molecule has 0 bridgehead atoms. The molecule has 3 heterocycles. The van der Waals surface area contributed by atoms with Gasteiger partial charge in [-0.1, -0.05) is 32.9 Å². The summed E-state index contributed by atoms with van der Waals surface area (Å²) in [5.41, 5.74) is 2.21. The minimum atomic E-state index is -0.286. The molecule has 1 fully saturated rings. The molecule has 2 aromatic heterocycles. The molecule has 0 aliphatic carbocycles. The number of amides is 2. The van der Waals surface area contributed by atoms with Gasteiger partial charge in [0.15, 0.2) is 0 Å². The maximum atomic E-state index is 13.2. The topological polar surface area (TPSA) is 84.3 Å². The Kier molecular flexibility index (Phi) is 6.65. The third kappa shape index (κ3) is 4.85. The Morgan fingerprint density at radius 3 is 2.45 bits per heavy atom. The van der Waals surface area contributed by atoms with Gasteiger partial charge in [0.05, 0.1) is 16.6 Å². The molecule has 1 aromatic carbocycles. The van der Waals surface area contributed by atoms with Crippen LogP contribution in [0, 0.1) is 18.8 Å². The molecule has 8 heteroatoms. The fourth-order valence-corrected chi connectivity index (χ4v) is 5.65. The van der Waals surface area contributed by atoms with Crippen molar-refractivity contribution in [2.75, 3.05) is 18.4 Å². The summed E-state index contributed by atoms with van der Waals surface area (Å²) in [5, 5.41) is 3.31. The van der Waals surface area contributed by atoms with Crippen LogP contribution in [0.1, 0.15) is 48.0 Å². The number of hydrogen-bond donors (Lipinski definition) is 1. The van der Waals surface area contributed by atoms with Crippen molar-refractivity contribution in [3.8, 4) is 0 Å². The van der Waals surface area contributed by atoms with E-state index >= 15 is 0 Å². The molecule has 2 amide bonds. The van der Waals surface area contributed by atoms with Crippen LogP contribution < -0.4 is 10.9 Å². The first-order valence-corrected chi connectivity index (χ1v) is 12.2. The molecule has 1 saturated heterocycles. The van der Waals surface area contributed by atoms with Crippen LogP contribution in [0.3, 0.4) is 0 Å². The number of carbonyl (C=O) groups excluding carboxylic acids is 2. The summed E-state index contributed by atoms with van der Waals surface area (Å²) >= 11 is 1.20. The average Bonchev–Trinajstić information content (AvgIpc) is 3.12. The third-order valence-electron chi connectivity index (χ3n) is 6.27. The van der Waals surface area contributed by atoms with Gasteiger partial charge in [-0.05, 0) is 54.9 Å². The van der Waals surface area contributed by atoms with Gasteiger partial charge in [0, 0.05) is 18.8 Å². The van der Waals surface area contributed by atoms with E-state index in [-0.39, 0.29) is 23.9 Å². The van der Waals surface area contributed by atoms with Crippen LogP contribution in [0.15, 0.2) is 35.4 Å². The molecule has 0 unspecified atom stereocenters. The second-order valence-corrected chi connectivity index (χ2v) is 10.2. The Bertz CT molecular complexity index is 1240. The van der Waals surface area contributed by atoms with Gasteiger partial charge in [0.25, 0.3) is 11.5 Å². The highest BCUT2D eigenvalue weighted by atomic mass is 32.1. The van der Waals surface area contributed by atoms with E-state index in [0.29, 0.717) is 51.3 Å². The second-order valence-electron chi connectivity index (χ2n) is 9.16. The first-order valence-electron chi connectivity index (χ1n) is 11.4. The minimum absolute atomic E-state index is 0.0399. The van der Waals surface area contributed by atoms with Crippen LogP contribution >= 0.6 is 11.3 Å². The highest BCUT2D eigenvalue weighted by Crippen LogP contribution is 2.28. The molecule has 4 rings (SSSR count). The van der Waals surface area contributed by atoms with Crippen LogP contribution in [0.5, 0.6) is 0 Å². The van der Waals surface area contributed by atoms with Crippen LogP contribution in [0.2, 0.25) is 0 Å². The van der Waals surface area contributed by atoms with E-state index < -0.39 is 0 Å². The van der Waals surface area contributed by atoms with Crippen LogP contribution in [-0.4, -0.2) is 39.4 Å². The number of aryl methyl sites for hydroxylation is 2. The number of likely N-dealkylation sites (tertiary alicyclic amines) is 1. The molecule has 1 aliphatic heterocycles. The number of nitrogens with zero attached hydrogens (tertiary/aromatic N) is 3. The SMILES string of the molecule is CCc1ccc(NC(=O)c2sc3ncn(CC(=O)N4C[C@H](C)C[C@@H](C)C4)c(=O)c3c2C)cc1. The van der Waals surface area contributed by atoms with E-state index in [4.69, 9.17) is 0 Å². The minimum Gasteiger partial charge on any atom is -0.341 e. The predicted octanol–water partition coefficient (Wildman–Crippen LogP) is 4.09. The molecule has 0 spiro atoms. The van der Waals surface area contributed by atoms with Crippen LogP contribution in [0.4, 0.5) is 5.69 Å². The van der Waals surface area contributed by atoms with Crippen molar-refractivity contribution < 1.29 is 9.59 Å². The van der Waals surface area contributed by atoms with Crippen molar-refractivity contribution in [1.82, 2.24) is 14.5 Å². The van der Waals surface area contributed by atoms with Crippen molar-refractivity contribution >= 4 is 39.1 Å². The average molecular weight is 467 g/mol. The number of nitrogens with one attached hydrogen (secondary N) is 1. The lowest BCUT2D eigenvalue weighted by molar-refractivity contribution is -0.134. The summed E-state index contributed by atoms with van der Waals surface area (Å²) in [5.74, 6) is 0.567. The summed E-state index contributed by atoms with van der Waals surface area (Å²) in [4.78, 5) is 46.2. The van der Waals surface area contributed by atoms with Gasteiger partial charge in [-0.15, -0.1) is 11.3 Å². The van der Waals surface area contributed by atoms with Crippen LogP contribution in [-0.2, 0) is 17.8 Å². The van der Waals surface area contributed by atoms with Gasteiger partial charge >= 0.3 is 0 Å². The van der Waals surface area contributed by atoms with Crippen molar-refractivity contribution in [3.63, 3.8) is 0 Å². The third-order valence-corrected chi connectivity index (χ3v) is 7.47. The fourth-order valence-electron chi connectivity index (χ4n) is 4.61. The summed E-state index contributed by atoms with van der Waals surface area (Å²) in [6.07, 6.45) is 3.46. The molecule has 2 atom stereocenters. The molecular weight excluding hydrogens is 436 g/mol. The fraction of sp³-hybridized carbons (Fsp3) is 0.440. The number of carbonyl (C=O) groups is 2. The van der Waals surface area contributed by atoms with Crippen molar-refractivity contribution in [3.05, 3.63) is 57.0 Å². The maximum absolute atomic E-state index is 13.2. The number of piperidine rings is 1. The normalized spacial score (nSPS) is 18.5.